The van der Waals surface area contributed by atoms with Crippen LogP contribution in [0.5, 0.6) is 0 Å². The second-order valence-corrected chi connectivity index (χ2v) is 10.4. The largest absolute Gasteiger partial charge is 0.465 e. The Balaban J connectivity index is 1.93. The van der Waals surface area contributed by atoms with Crippen molar-refractivity contribution in [2.75, 3.05) is 13.2 Å². The summed E-state index contributed by atoms with van der Waals surface area (Å²) in [7, 11) is -4.24. The Hall–Kier alpha value is -3.49. The van der Waals surface area contributed by atoms with Crippen LogP contribution in [0.15, 0.2) is 83.3 Å². The lowest BCUT2D eigenvalue weighted by Crippen LogP contribution is -2.52. The molecule has 0 amide bonds. The third-order valence-corrected chi connectivity index (χ3v) is 8.08. The average Bonchev–Trinajstić information content (AvgIpc) is 2.88. The molecular formula is C28H29NO6S. The molecule has 8 heteroatoms. The highest BCUT2D eigenvalue weighted by molar-refractivity contribution is 7.89. The van der Waals surface area contributed by atoms with Gasteiger partial charge in [0.1, 0.15) is 0 Å². The molecule has 1 aliphatic rings. The highest BCUT2D eigenvalue weighted by Crippen LogP contribution is 2.40. The number of carbonyl (C=O) groups is 2. The van der Waals surface area contributed by atoms with Gasteiger partial charge in [0.05, 0.1) is 29.7 Å². The van der Waals surface area contributed by atoms with E-state index in [4.69, 9.17) is 9.47 Å². The monoisotopic (exact) mass is 507 g/mol. The van der Waals surface area contributed by atoms with E-state index in [-0.39, 0.29) is 30.1 Å². The van der Waals surface area contributed by atoms with Gasteiger partial charge in [-0.2, -0.15) is 4.31 Å². The average molecular weight is 508 g/mol. The fraction of sp³-hybridized carbons (Fsp3) is 0.286. The van der Waals surface area contributed by atoms with Gasteiger partial charge in [0.2, 0.25) is 10.0 Å². The summed E-state index contributed by atoms with van der Waals surface area (Å²) in [6.45, 7) is 5.26. The molecular weight excluding hydrogens is 478 g/mol. The Morgan fingerprint density at radius 2 is 1.58 bits per heavy atom. The lowest BCUT2D eigenvalue weighted by Gasteiger charge is -2.39. The highest BCUT2D eigenvalue weighted by Gasteiger charge is 2.48. The predicted octanol–water partition coefficient (Wildman–Crippen LogP) is 4.71. The summed E-state index contributed by atoms with van der Waals surface area (Å²) in [5.41, 5.74) is 1.56. The highest BCUT2D eigenvalue weighted by atomic mass is 32.2. The van der Waals surface area contributed by atoms with Crippen LogP contribution in [0.25, 0.3) is 10.8 Å². The molecule has 0 aromatic heterocycles. The number of fused-ring (bicyclic) bond motifs is 1. The van der Waals surface area contributed by atoms with Crippen molar-refractivity contribution >= 4 is 32.7 Å². The van der Waals surface area contributed by atoms with Gasteiger partial charge in [-0.15, -0.1) is 0 Å². The van der Waals surface area contributed by atoms with E-state index >= 15 is 0 Å². The van der Waals surface area contributed by atoms with Gasteiger partial charge >= 0.3 is 11.9 Å². The molecule has 0 bridgehead atoms. The zero-order chi connectivity index (χ0) is 25.9. The van der Waals surface area contributed by atoms with Crippen molar-refractivity contribution in [2.24, 2.45) is 0 Å². The van der Waals surface area contributed by atoms with Gasteiger partial charge in [0.25, 0.3) is 0 Å². The first-order valence-corrected chi connectivity index (χ1v) is 13.3. The minimum Gasteiger partial charge on any atom is -0.465 e. The quantitative estimate of drug-likeness (QED) is 0.431. The molecule has 4 rings (SSSR count). The van der Waals surface area contributed by atoms with Crippen LogP contribution in [0.3, 0.4) is 0 Å². The Labute approximate surface area is 211 Å². The van der Waals surface area contributed by atoms with E-state index in [2.05, 4.69) is 0 Å². The minimum atomic E-state index is -4.24. The summed E-state index contributed by atoms with van der Waals surface area (Å²) in [6.07, 6.45) is 1.79. The van der Waals surface area contributed by atoms with E-state index in [9.17, 15) is 18.0 Å². The molecule has 0 fully saturated rings. The summed E-state index contributed by atoms with van der Waals surface area (Å²) in [5, 5.41) is 1.95. The molecule has 36 heavy (non-hydrogen) atoms. The Morgan fingerprint density at radius 1 is 0.917 bits per heavy atom. The summed E-state index contributed by atoms with van der Waals surface area (Å²) in [6, 6.07) is 17.6. The number of carbonyl (C=O) groups excluding carboxylic acids is 2. The maximum absolute atomic E-state index is 14.1. The molecule has 0 unspecified atom stereocenters. The lowest BCUT2D eigenvalue weighted by molar-refractivity contribution is -0.150. The van der Waals surface area contributed by atoms with Crippen molar-refractivity contribution in [1.29, 1.82) is 0 Å². The van der Waals surface area contributed by atoms with Gasteiger partial charge in [0, 0.05) is 0 Å². The van der Waals surface area contributed by atoms with Crippen LogP contribution in [-0.4, -0.2) is 43.9 Å². The molecule has 0 N–H and O–H groups in total. The molecule has 0 spiro atoms. The lowest BCUT2D eigenvalue weighted by atomic mass is 9.92. The van der Waals surface area contributed by atoms with E-state index in [0.29, 0.717) is 5.56 Å². The topological polar surface area (TPSA) is 90.0 Å². The number of nitrogens with zero attached hydrogens (tertiary/aromatic N) is 1. The van der Waals surface area contributed by atoms with Gasteiger partial charge in [-0.05, 0) is 61.7 Å². The predicted molar refractivity (Wildman–Crippen MR) is 137 cm³/mol. The zero-order valence-corrected chi connectivity index (χ0v) is 21.3. The number of ether oxygens (including phenoxy) is 2. The fourth-order valence-corrected chi connectivity index (χ4v) is 6.21. The van der Waals surface area contributed by atoms with Crippen LogP contribution in [-0.2, 0) is 29.1 Å². The zero-order valence-electron chi connectivity index (χ0n) is 20.5. The van der Waals surface area contributed by atoms with Crippen LogP contribution >= 0.6 is 0 Å². The van der Waals surface area contributed by atoms with Crippen molar-refractivity contribution in [3.05, 3.63) is 89.5 Å². The van der Waals surface area contributed by atoms with Crippen molar-refractivity contribution in [3.63, 3.8) is 0 Å². The molecule has 0 saturated carbocycles. The molecule has 2 atom stereocenters. The normalized spacial score (nSPS) is 18.5. The maximum atomic E-state index is 14.1. The van der Waals surface area contributed by atoms with Crippen LogP contribution < -0.4 is 0 Å². The number of aryl methyl sites for hydroxylation is 1. The second-order valence-electron chi connectivity index (χ2n) is 8.54. The van der Waals surface area contributed by atoms with E-state index in [1.54, 1.807) is 32.1 Å². The van der Waals surface area contributed by atoms with Crippen LogP contribution in [0.4, 0.5) is 0 Å². The van der Waals surface area contributed by atoms with Gasteiger partial charge in [0.15, 0.2) is 6.04 Å². The molecule has 3 aromatic rings. The molecule has 7 nitrogen and oxygen atoms in total. The number of sulfonamides is 1. The first-order chi connectivity index (χ1) is 17.3. The molecule has 1 heterocycles. The van der Waals surface area contributed by atoms with Gasteiger partial charge in [-0.25, -0.2) is 18.0 Å². The molecule has 0 saturated heterocycles. The van der Waals surface area contributed by atoms with Gasteiger partial charge in [-0.1, -0.05) is 60.2 Å². The summed E-state index contributed by atoms with van der Waals surface area (Å²) in [4.78, 5) is 26.2. The van der Waals surface area contributed by atoms with Gasteiger partial charge in [-0.3, -0.25) is 0 Å². The second kappa shape index (κ2) is 10.6. The van der Waals surface area contributed by atoms with Crippen LogP contribution in [0.1, 0.15) is 37.4 Å². The van der Waals surface area contributed by atoms with E-state index in [1.807, 2.05) is 49.4 Å². The van der Waals surface area contributed by atoms with Crippen LogP contribution in [0, 0.1) is 6.92 Å². The summed E-state index contributed by atoms with van der Waals surface area (Å²) in [5.74, 6) is -1.56. The fourth-order valence-electron chi connectivity index (χ4n) is 4.47. The Morgan fingerprint density at radius 3 is 2.25 bits per heavy atom. The van der Waals surface area contributed by atoms with E-state index in [1.165, 1.54) is 12.1 Å². The van der Waals surface area contributed by atoms with E-state index < -0.39 is 34.0 Å². The number of benzene rings is 3. The SMILES string of the molecule is CCOC(=O)C1=CC[C@@H](c2ccc3ccccc3c2)N(S(=O)(=O)c2ccc(C)cc2)[C@H]1C(=O)OCC. The summed E-state index contributed by atoms with van der Waals surface area (Å²) < 4.78 is 39.8. The molecule has 188 valence electrons. The number of hydrogen-bond acceptors (Lipinski definition) is 6. The standard InChI is InChI=1S/C28H29NO6S/c1-4-34-27(30)24-16-17-25(22-13-12-20-8-6-7-9-21(20)18-22)29(26(24)28(31)35-5-2)36(32,33)23-14-10-19(3)11-15-23/h6-16,18,25-26H,4-5,17H2,1-3H3/t25-,26+/m0/s1. The van der Waals surface area contributed by atoms with Crippen molar-refractivity contribution in [2.45, 2.75) is 44.2 Å². The summed E-state index contributed by atoms with van der Waals surface area (Å²) >= 11 is 0. The number of rotatable bonds is 7. The third kappa shape index (κ3) is 4.92. The molecule has 0 radical (unpaired) electrons. The molecule has 0 aliphatic carbocycles. The van der Waals surface area contributed by atoms with Crippen LogP contribution in [0.2, 0.25) is 0 Å². The van der Waals surface area contributed by atoms with Crippen molar-refractivity contribution in [3.8, 4) is 0 Å². The first-order valence-electron chi connectivity index (χ1n) is 11.9. The first kappa shape index (κ1) is 25.6. The van der Waals surface area contributed by atoms with E-state index in [0.717, 1.165) is 20.6 Å². The number of hydrogen-bond donors (Lipinski definition) is 0. The van der Waals surface area contributed by atoms with Gasteiger partial charge < -0.3 is 9.47 Å². The smallest absolute Gasteiger partial charge is 0.335 e. The van der Waals surface area contributed by atoms with Crippen molar-refractivity contribution < 1.29 is 27.5 Å². The number of esters is 2. The minimum absolute atomic E-state index is 0.0262. The Kier molecular flexibility index (Phi) is 7.56. The Bertz CT molecular complexity index is 1410. The van der Waals surface area contributed by atoms with Crippen molar-refractivity contribution in [1.82, 2.24) is 4.31 Å². The maximum Gasteiger partial charge on any atom is 0.335 e. The molecule has 1 aliphatic heterocycles. The molecule has 3 aromatic carbocycles. The third-order valence-electron chi connectivity index (χ3n) is 6.19.